The lowest BCUT2D eigenvalue weighted by Crippen LogP contribution is -2.26. The third kappa shape index (κ3) is 4.06. The molecule has 0 bridgehead atoms. The molecule has 0 aliphatic carbocycles. The first-order valence-corrected chi connectivity index (χ1v) is 6.67. The van der Waals surface area contributed by atoms with E-state index < -0.39 is 30.6 Å². The summed E-state index contributed by atoms with van der Waals surface area (Å²) in [6, 6.07) is 0. The zero-order chi connectivity index (χ0) is 14.0. The van der Waals surface area contributed by atoms with E-state index in [4.69, 9.17) is 0 Å². The van der Waals surface area contributed by atoms with Crippen molar-refractivity contribution in [1.82, 2.24) is 0 Å². The second kappa shape index (κ2) is 9.00. The van der Waals surface area contributed by atoms with Gasteiger partial charge in [-0.3, -0.25) is 39.3 Å². The first kappa shape index (κ1) is 15.9. The van der Waals surface area contributed by atoms with E-state index in [1.165, 1.54) is 32.8 Å². The fourth-order valence-electron chi connectivity index (χ4n) is 0.984. The van der Waals surface area contributed by atoms with Crippen LogP contribution in [0.5, 0.6) is 0 Å². The summed E-state index contributed by atoms with van der Waals surface area (Å²) in [5, 5.41) is 2.84. The molecule has 2 unspecified atom stereocenters. The standard InChI is InChI=1S/C10H4O6S2/c11-3-1-9(17(5-13)6-14)10(2-4-12)18(7-15)8-16/h1-2,9-10H/q-2. The summed E-state index contributed by atoms with van der Waals surface area (Å²) in [6.07, 6.45) is 1.51. The fourth-order valence-corrected chi connectivity index (χ4v) is 3.24. The Labute approximate surface area is 105 Å². The number of hydrogen-bond donors (Lipinski definition) is 0. The van der Waals surface area contributed by atoms with E-state index in [2.05, 4.69) is 0 Å². The second-order valence-corrected chi connectivity index (χ2v) is 5.61. The van der Waals surface area contributed by atoms with E-state index in [0.29, 0.717) is 0 Å². The molecule has 0 aliphatic rings. The highest BCUT2D eigenvalue weighted by Crippen LogP contribution is 2.05. The van der Waals surface area contributed by atoms with Crippen LogP contribution in [-0.2, 0) is 48.9 Å². The van der Waals surface area contributed by atoms with Crippen LogP contribution >= 0.6 is 0 Å². The summed E-state index contributed by atoms with van der Waals surface area (Å²) in [4.78, 5) is 62.8. The van der Waals surface area contributed by atoms with Crippen LogP contribution in [0.3, 0.4) is 0 Å². The van der Waals surface area contributed by atoms with E-state index in [1.807, 2.05) is 0 Å². The summed E-state index contributed by atoms with van der Waals surface area (Å²) in [5.74, 6) is 2.66. The number of carbonyl (C=O) groups excluding carboxylic acids is 6. The van der Waals surface area contributed by atoms with Gasteiger partial charge >= 0.3 is 0 Å². The minimum atomic E-state index is -1.82. The molecule has 0 aromatic heterocycles. The van der Waals surface area contributed by atoms with Crippen LogP contribution in [-0.4, -0.2) is 43.3 Å². The highest BCUT2D eigenvalue weighted by molar-refractivity contribution is 7.97. The zero-order valence-corrected chi connectivity index (χ0v) is 10.2. The van der Waals surface area contributed by atoms with Crippen molar-refractivity contribution in [2.45, 2.75) is 10.5 Å². The molecule has 0 aromatic rings. The number of hydrogen-bond acceptors (Lipinski definition) is 8. The normalized spacial score (nSPS) is 11.9. The van der Waals surface area contributed by atoms with Crippen molar-refractivity contribution < 1.29 is 28.8 Å². The van der Waals surface area contributed by atoms with Crippen LogP contribution in [0.25, 0.3) is 0 Å². The maximum atomic E-state index is 10.5. The summed E-state index contributed by atoms with van der Waals surface area (Å²) < 4.78 is 0. The lowest BCUT2D eigenvalue weighted by atomic mass is 10.3. The molecule has 0 rings (SSSR count). The van der Waals surface area contributed by atoms with E-state index in [1.54, 1.807) is 0 Å². The van der Waals surface area contributed by atoms with Crippen LogP contribution in [0.2, 0.25) is 0 Å². The lowest BCUT2D eigenvalue weighted by Gasteiger charge is -2.26. The van der Waals surface area contributed by atoms with Gasteiger partial charge in [0, 0.05) is 0 Å². The molecule has 2 atom stereocenters. The Bertz CT molecular complexity index is 593. The third-order valence-electron chi connectivity index (χ3n) is 1.69. The molecule has 0 saturated carbocycles. The Morgan fingerprint density at radius 3 is 1.06 bits per heavy atom. The summed E-state index contributed by atoms with van der Waals surface area (Å²) in [5.41, 5.74) is 0. The molecule has 0 amide bonds. The monoisotopic (exact) mass is 284 g/mol. The Morgan fingerprint density at radius 2 is 0.889 bits per heavy atom. The third-order valence-corrected chi connectivity index (χ3v) is 4.53. The summed E-state index contributed by atoms with van der Waals surface area (Å²) >= 11 is 0. The van der Waals surface area contributed by atoms with Crippen molar-refractivity contribution in [3.05, 3.63) is 12.2 Å². The number of rotatable bonds is 5. The highest BCUT2D eigenvalue weighted by atomic mass is 32.2. The topological polar surface area (TPSA) is 102 Å². The van der Waals surface area contributed by atoms with Crippen LogP contribution in [0.1, 0.15) is 0 Å². The summed E-state index contributed by atoms with van der Waals surface area (Å²) in [7, 11) is -3.64. The van der Waals surface area contributed by atoms with Gasteiger partial charge in [-0.1, -0.05) is 10.5 Å². The first-order valence-electron chi connectivity index (χ1n) is 4.09. The SMILES string of the molecule is O=C=CC(C(C=C=O)[S-](=C=O)=C=O)[S-](=C=O)=C=O. The highest BCUT2D eigenvalue weighted by Gasteiger charge is 2.04. The minimum absolute atomic E-state index is 0.756. The molecule has 0 heterocycles. The van der Waals surface area contributed by atoms with Gasteiger partial charge in [-0.2, -0.15) is 0 Å². The Balaban J connectivity index is 6.33. The van der Waals surface area contributed by atoms with Gasteiger partial charge in [0.1, 0.15) is 11.9 Å². The van der Waals surface area contributed by atoms with Crippen molar-refractivity contribution >= 4 is 53.0 Å². The fraction of sp³-hybridized carbons (Fsp3) is 0.200. The Kier molecular flexibility index (Phi) is 7.96. The predicted molar refractivity (Wildman–Crippen MR) is 65.6 cm³/mol. The van der Waals surface area contributed by atoms with Crippen LogP contribution in [0.15, 0.2) is 12.2 Å². The molecule has 0 saturated heterocycles. The first-order chi connectivity index (χ1) is 8.69. The largest absolute Gasteiger partial charge is 0.299 e. The predicted octanol–water partition coefficient (Wildman–Crippen LogP) is -2.00. The molecule has 0 spiro atoms. The smallest absolute Gasteiger partial charge is 0.118 e. The van der Waals surface area contributed by atoms with Crippen LogP contribution in [0.4, 0.5) is 0 Å². The molecular weight excluding hydrogens is 280 g/mol. The van der Waals surface area contributed by atoms with Crippen molar-refractivity contribution in [2.75, 3.05) is 0 Å². The molecule has 0 aromatic carbocycles. The van der Waals surface area contributed by atoms with Crippen LogP contribution in [0, 0.1) is 0 Å². The van der Waals surface area contributed by atoms with Gasteiger partial charge in [-0.05, 0) is 33.1 Å². The van der Waals surface area contributed by atoms with Gasteiger partial charge in [0.25, 0.3) is 0 Å². The molecule has 18 heavy (non-hydrogen) atoms. The van der Waals surface area contributed by atoms with Gasteiger partial charge in [-0.25, -0.2) is 9.59 Å². The molecule has 0 N–H and O–H groups in total. The van der Waals surface area contributed by atoms with Crippen molar-refractivity contribution in [1.29, 1.82) is 0 Å². The maximum absolute atomic E-state index is 10.5. The van der Waals surface area contributed by atoms with Crippen molar-refractivity contribution in [3.63, 3.8) is 0 Å². The second-order valence-electron chi connectivity index (χ2n) is 2.51. The Hall–Kier alpha value is -2.08. The Morgan fingerprint density at radius 1 is 0.611 bits per heavy atom. The van der Waals surface area contributed by atoms with E-state index in [-0.39, 0.29) is 0 Å². The quantitative estimate of drug-likeness (QED) is 0.329. The van der Waals surface area contributed by atoms with E-state index in [0.717, 1.165) is 12.2 Å². The molecule has 6 nitrogen and oxygen atoms in total. The molecule has 0 fully saturated rings. The van der Waals surface area contributed by atoms with E-state index in [9.17, 15) is 28.8 Å². The van der Waals surface area contributed by atoms with Gasteiger partial charge in [-0.15, -0.1) is 0 Å². The lowest BCUT2D eigenvalue weighted by molar-refractivity contribution is 0.566. The van der Waals surface area contributed by atoms with Gasteiger partial charge in [0.05, 0.1) is 0 Å². The average molecular weight is 284 g/mol. The van der Waals surface area contributed by atoms with E-state index >= 15 is 0 Å². The van der Waals surface area contributed by atoms with Crippen molar-refractivity contribution in [3.8, 4) is 0 Å². The zero-order valence-electron chi connectivity index (χ0n) is 8.58. The molecule has 0 aliphatic heterocycles. The molecule has 0 radical (unpaired) electrons. The molecule has 94 valence electrons. The van der Waals surface area contributed by atoms with Crippen LogP contribution < -0.4 is 0 Å². The van der Waals surface area contributed by atoms with Gasteiger partial charge < -0.3 is 0 Å². The van der Waals surface area contributed by atoms with Gasteiger partial charge in [0.15, 0.2) is 0 Å². The van der Waals surface area contributed by atoms with Gasteiger partial charge in [0.2, 0.25) is 0 Å². The minimum Gasteiger partial charge on any atom is -0.299 e. The molecular formula is C10H4O6S2-2. The molecule has 8 heteroatoms. The maximum Gasteiger partial charge on any atom is 0.118 e. The summed E-state index contributed by atoms with van der Waals surface area (Å²) in [6.45, 7) is 0. The average Bonchev–Trinajstić information content (AvgIpc) is 2.39. The van der Waals surface area contributed by atoms with Crippen molar-refractivity contribution in [2.24, 2.45) is 0 Å².